The predicted molar refractivity (Wildman–Crippen MR) is 122 cm³/mol. The first-order valence-corrected chi connectivity index (χ1v) is 13.5. The summed E-state index contributed by atoms with van der Waals surface area (Å²) >= 11 is 2.94. The third-order valence-electron chi connectivity index (χ3n) is 5.11. The molecule has 0 radical (unpaired) electrons. The third kappa shape index (κ3) is 4.51. The zero-order chi connectivity index (χ0) is 22.0. The van der Waals surface area contributed by atoms with Crippen molar-refractivity contribution in [3.8, 4) is 22.1 Å². The Morgan fingerprint density at radius 2 is 1.94 bits per heavy atom. The maximum atomic E-state index is 13.0. The smallest absolute Gasteiger partial charge is 0.277 e. The van der Waals surface area contributed by atoms with Crippen LogP contribution in [0.2, 0.25) is 0 Å². The Hall–Kier alpha value is -2.47. The van der Waals surface area contributed by atoms with Crippen LogP contribution in [0.4, 0.5) is 0 Å². The van der Waals surface area contributed by atoms with Gasteiger partial charge in [0.05, 0.1) is 15.5 Å². The minimum atomic E-state index is -3.53. The normalized spacial score (nSPS) is 15.2. The molecule has 0 atom stereocenters. The summed E-state index contributed by atoms with van der Waals surface area (Å²) in [5, 5.41) is 14.6. The van der Waals surface area contributed by atoms with E-state index in [-0.39, 0.29) is 10.8 Å². The second-order valence-corrected chi connectivity index (χ2v) is 11.1. The number of sulfonamides is 1. The van der Waals surface area contributed by atoms with Crippen LogP contribution < -0.4 is 0 Å². The SMILES string of the molecule is O=S(=O)(c1cccc(-c2nnc(SCc3cc(-c4cccs4)on3)o2)c1)N1CCCCC1. The van der Waals surface area contributed by atoms with Gasteiger partial charge in [0.1, 0.15) is 0 Å². The number of hydrogen-bond donors (Lipinski definition) is 0. The molecule has 32 heavy (non-hydrogen) atoms. The molecule has 8 nitrogen and oxygen atoms in total. The number of aromatic nitrogens is 3. The average molecular weight is 489 g/mol. The number of benzene rings is 1. The Bertz CT molecular complexity index is 1290. The van der Waals surface area contributed by atoms with Crippen LogP contribution in [0.25, 0.3) is 22.1 Å². The molecular formula is C21H20N4O4S3. The van der Waals surface area contributed by atoms with Crippen molar-refractivity contribution in [2.45, 2.75) is 35.1 Å². The van der Waals surface area contributed by atoms with Crippen molar-refractivity contribution in [1.82, 2.24) is 19.7 Å². The van der Waals surface area contributed by atoms with Crippen LogP contribution in [-0.4, -0.2) is 41.2 Å². The molecule has 4 heterocycles. The molecule has 4 aromatic rings. The van der Waals surface area contributed by atoms with Gasteiger partial charge >= 0.3 is 0 Å². The number of nitrogens with zero attached hydrogens (tertiary/aromatic N) is 4. The second kappa shape index (κ2) is 9.18. The van der Waals surface area contributed by atoms with Gasteiger partial charge in [-0.3, -0.25) is 0 Å². The fraction of sp³-hybridized carbons (Fsp3) is 0.286. The number of rotatable bonds is 7. The molecule has 0 bridgehead atoms. The van der Waals surface area contributed by atoms with Gasteiger partial charge in [0.15, 0.2) is 5.76 Å². The zero-order valence-electron chi connectivity index (χ0n) is 17.0. The fourth-order valence-electron chi connectivity index (χ4n) is 3.48. The average Bonchev–Trinajstić information content (AvgIpc) is 3.60. The van der Waals surface area contributed by atoms with Crippen molar-refractivity contribution in [1.29, 1.82) is 0 Å². The molecule has 0 aliphatic carbocycles. The van der Waals surface area contributed by atoms with Crippen LogP contribution in [0.3, 0.4) is 0 Å². The summed E-state index contributed by atoms with van der Waals surface area (Å²) in [6, 6.07) is 12.5. The van der Waals surface area contributed by atoms with Crippen LogP contribution in [0.1, 0.15) is 25.0 Å². The Labute approximate surface area is 193 Å². The van der Waals surface area contributed by atoms with Gasteiger partial charge in [-0.25, -0.2) is 8.42 Å². The van der Waals surface area contributed by atoms with Gasteiger partial charge in [0.25, 0.3) is 5.22 Å². The molecule has 1 saturated heterocycles. The van der Waals surface area contributed by atoms with Crippen molar-refractivity contribution < 1.29 is 17.4 Å². The minimum Gasteiger partial charge on any atom is -0.411 e. The van der Waals surface area contributed by atoms with Crippen molar-refractivity contribution in [3.05, 3.63) is 53.5 Å². The van der Waals surface area contributed by atoms with Gasteiger partial charge in [-0.2, -0.15) is 4.31 Å². The first-order valence-electron chi connectivity index (χ1n) is 10.2. The lowest BCUT2D eigenvalue weighted by atomic mass is 10.2. The number of piperidine rings is 1. The molecule has 1 fully saturated rings. The molecule has 0 N–H and O–H groups in total. The molecule has 11 heteroatoms. The summed E-state index contributed by atoms with van der Waals surface area (Å²) in [5.74, 6) is 1.52. The summed E-state index contributed by atoms with van der Waals surface area (Å²) in [6.07, 6.45) is 2.85. The first kappa shape index (κ1) is 21.4. The van der Waals surface area contributed by atoms with E-state index in [1.54, 1.807) is 39.9 Å². The first-order chi connectivity index (χ1) is 15.6. The van der Waals surface area contributed by atoms with Gasteiger partial charge in [-0.05, 0) is 42.5 Å². The van der Waals surface area contributed by atoms with Crippen LogP contribution in [0, 0.1) is 0 Å². The summed E-state index contributed by atoms with van der Waals surface area (Å²) in [5.41, 5.74) is 1.34. The van der Waals surface area contributed by atoms with Crippen molar-refractivity contribution in [2.75, 3.05) is 13.1 Å². The van der Waals surface area contributed by atoms with E-state index >= 15 is 0 Å². The van der Waals surface area contributed by atoms with E-state index in [0.29, 0.717) is 29.6 Å². The highest BCUT2D eigenvalue weighted by Crippen LogP contribution is 2.30. The van der Waals surface area contributed by atoms with E-state index in [2.05, 4.69) is 15.4 Å². The Balaban J connectivity index is 1.28. The number of thioether (sulfide) groups is 1. The molecule has 1 aliphatic rings. The van der Waals surface area contributed by atoms with Crippen molar-refractivity contribution in [2.24, 2.45) is 0 Å². The summed E-state index contributed by atoms with van der Waals surface area (Å²) < 4.78 is 38.6. The van der Waals surface area contributed by atoms with Gasteiger partial charge in [0, 0.05) is 30.5 Å². The lowest BCUT2D eigenvalue weighted by Crippen LogP contribution is -2.35. The molecule has 0 spiro atoms. The van der Waals surface area contributed by atoms with E-state index in [0.717, 1.165) is 35.6 Å². The van der Waals surface area contributed by atoms with E-state index in [9.17, 15) is 8.42 Å². The van der Waals surface area contributed by atoms with Crippen LogP contribution in [0.15, 0.2) is 66.9 Å². The largest absolute Gasteiger partial charge is 0.411 e. The summed E-state index contributed by atoms with van der Waals surface area (Å²) in [4.78, 5) is 1.27. The standard InChI is InChI=1S/C21H20N4O4S3/c26-32(27,25-9-2-1-3-10-25)17-7-4-6-15(12-17)20-22-23-21(28-20)31-14-16-13-18(29-24-16)19-8-5-11-30-19/h4-8,11-13H,1-3,9-10,14H2. The topological polar surface area (TPSA) is 102 Å². The lowest BCUT2D eigenvalue weighted by Gasteiger charge is -2.25. The van der Waals surface area contributed by atoms with Gasteiger partial charge < -0.3 is 8.94 Å². The van der Waals surface area contributed by atoms with Gasteiger partial charge in [0.2, 0.25) is 15.9 Å². The van der Waals surface area contributed by atoms with Gasteiger partial charge in [-0.15, -0.1) is 21.5 Å². The third-order valence-corrected chi connectivity index (χ3v) is 8.74. The van der Waals surface area contributed by atoms with E-state index in [1.807, 2.05) is 23.6 Å². The quantitative estimate of drug-likeness (QED) is 0.338. The monoisotopic (exact) mass is 488 g/mol. The zero-order valence-corrected chi connectivity index (χ0v) is 19.5. The minimum absolute atomic E-state index is 0.244. The maximum absolute atomic E-state index is 13.0. The van der Waals surface area contributed by atoms with Crippen LogP contribution in [-0.2, 0) is 15.8 Å². The molecular weight excluding hydrogens is 468 g/mol. The Kier molecular flexibility index (Phi) is 6.13. The lowest BCUT2D eigenvalue weighted by molar-refractivity contribution is 0.346. The van der Waals surface area contributed by atoms with Gasteiger partial charge in [-0.1, -0.05) is 35.5 Å². The summed E-state index contributed by atoms with van der Waals surface area (Å²) in [6.45, 7) is 1.12. The van der Waals surface area contributed by atoms with Crippen molar-refractivity contribution >= 4 is 33.1 Å². The molecule has 0 unspecified atom stereocenters. The highest BCUT2D eigenvalue weighted by molar-refractivity contribution is 7.98. The number of hydrogen-bond acceptors (Lipinski definition) is 9. The molecule has 0 saturated carbocycles. The van der Waals surface area contributed by atoms with Crippen LogP contribution in [0.5, 0.6) is 0 Å². The Morgan fingerprint density at radius 3 is 2.75 bits per heavy atom. The highest BCUT2D eigenvalue weighted by atomic mass is 32.2. The molecule has 166 valence electrons. The summed E-state index contributed by atoms with van der Waals surface area (Å²) in [7, 11) is -3.53. The molecule has 1 aliphatic heterocycles. The number of thiophene rings is 1. The molecule has 0 amide bonds. The molecule has 1 aromatic carbocycles. The van der Waals surface area contributed by atoms with Crippen molar-refractivity contribution in [3.63, 3.8) is 0 Å². The maximum Gasteiger partial charge on any atom is 0.277 e. The molecule has 5 rings (SSSR count). The second-order valence-electron chi connectivity index (χ2n) is 7.31. The van der Waals surface area contributed by atoms with E-state index < -0.39 is 10.0 Å². The highest BCUT2D eigenvalue weighted by Gasteiger charge is 2.26. The van der Waals surface area contributed by atoms with E-state index in [4.69, 9.17) is 8.94 Å². The Morgan fingerprint density at radius 1 is 1.06 bits per heavy atom. The van der Waals surface area contributed by atoms with Crippen LogP contribution >= 0.6 is 23.1 Å². The fourth-order valence-corrected chi connectivity index (χ4v) is 6.36. The molecule has 3 aromatic heterocycles. The van der Waals surface area contributed by atoms with E-state index in [1.165, 1.54) is 11.8 Å². The predicted octanol–water partition coefficient (Wildman–Crippen LogP) is 4.92.